The van der Waals surface area contributed by atoms with Crippen LogP contribution < -0.4 is 0 Å². The third-order valence-corrected chi connectivity index (χ3v) is 3.98. The summed E-state index contributed by atoms with van der Waals surface area (Å²) >= 11 is 0. The molecule has 1 amide bonds. The first-order chi connectivity index (χ1) is 9.32. The van der Waals surface area contributed by atoms with Gasteiger partial charge in [-0.15, -0.1) is 0 Å². The first kappa shape index (κ1) is 13.5. The normalized spacial score (nSPS) is 29.0. The van der Waals surface area contributed by atoms with Gasteiger partial charge in [-0.3, -0.25) is 0 Å². The summed E-state index contributed by atoms with van der Waals surface area (Å²) in [6, 6.07) is 4.13. The van der Waals surface area contributed by atoms with Crippen molar-refractivity contribution in [2.75, 3.05) is 13.1 Å². The first-order valence-corrected chi connectivity index (χ1v) is 7.09. The number of hydrogen-bond acceptors (Lipinski definition) is 3. The van der Waals surface area contributed by atoms with Gasteiger partial charge < -0.3 is 18.9 Å². The molecule has 0 aromatic carbocycles. The Labute approximate surface area is 119 Å². The number of amides is 1. The van der Waals surface area contributed by atoms with Gasteiger partial charge in [0.25, 0.3) is 0 Å². The highest BCUT2D eigenvalue weighted by Crippen LogP contribution is 2.51. The smallest absolute Gasteiger partial charge is 0.410 e. The van der Waals surface area contributed by atoms with Crippen molar-refractivity contribution in [3.63, 3.8) is 0 Å². The Kier molecular flexibility index (Phi) is 2.87. The molecule has 1 aromatic heterocycles. The fraction of sp³-hybridized carbons (Fsp3) is 0.667. The van der Waals surface area contributed by atoms with Crippen LogP contribution in [0.4, 0.5) is 4.79 Å². The van der Waals surface area contributed by atoms with Gasteiger partial charge in [-0.2, -0.15) is 0 Å². The van der Waals surface area contributed by atoms with Crippen LogP contribution in [0.2, 0.25) is 0 Å². The molecule has 2 fully saturated rings. The number of carbonyl (C=O) groups is 1. The molecule has 0 aliphatic carbocycles. The maximum Gasteiger partial charge on any atom is 0.410 e. The summed E-state index contributed by atoms with van der Waals surface area (Å²) < 4.78 is 13.4. The van der Waals surface area contributed by atoms with Gasteiger partial charge in [-0.05, 0) is 32.9 Å². The largest absolute Gasteiger partial charge is 0.444 e. The molecule has 0 radical (unpaired) electrons. The van der Waals surface area contributed by atoms with E-state index in [-0.39, 0.29) is 17.8 Å². The number of carbonyl (C=O) groups excluding carboxylic acids is 1. The van der Waals surface area contributed by atoms with E-state index in [2.05, 4.69) is 10.6 Å². The maximum atomic E-state index is 12.1. The van der Waals surface area contributed by atoms with E-state index in [1.54, 1.807) is 4.90 Å². The van der Waals surface area contributed by atoms with Crippen molar-refractivity contribution in [1.29, 1.82) is 0 Å². The van der Waals surface area contributed by atoms with E-state index in [1.165, 1.54) is 5.69 Å². The second-order valence-electron chi connectivity index (χ2n) is 6.68. The minimum Gasteiger partial charge on any atom is -0.444 e. The molecule has 0 saturated carbocycles. The second kappa shape index (κ2) is 4.25. The highest BCUT2D eigenvalue weighted by atomic mass is 16.6. The lowest BCUT2D eigenvalue weighted by Crippen LogP contribution is -2.44. The summed E-state index contributed by atoms with van der Waals surface area (Å²) in [6.45, 7) is 6.95. The molecule has 2 atom stereocenters. The van der Waals surface area contributed by atoms with Crippen LogP contribution in [0.5, 0.6) is 0 Å². The summed E-state index contributed by atoms with van der Waals surface area (Å²) in [5.74, 6) is 0. The third-order valence-electron chi connectivity index (χ3n) is 3.98. The Morgan fingerprint density at radius 3 is 2.80 bits per heavy atom. The molecule has 0 unspecified atom stereocenters. The number of nitrogens with zero attached hydrogens (tertiary/aromatic N) is 2. The Morgan fingerprint density at radius 2 is 2.25 bits per heavy atom. The summed E-state index contributed by atoms with van der Waals surface area (Å²) in [7, 11) is 2.03. The molecule has 20 heavy (non-hydrogen) atoms. The topological polar surface area (TPSA) is 47.0 Å². The van der Waals surface area contributed by atoms with Gasteiger partial charge in [0.05, 0.1) is 12.2 Å². The minimum absolute atomic E-state index is 0.0948. The van der Waals surface area contributed by atoms with E-state index in [1.807, 2.05) is 40.1 Å². The van der Waals surface area contributed by atoms with Gasteiger partial charge in [0.15, 0.2) is 0 Å². The van der Waals surface area contributed by atoms with Crippen LogP contribution in [-0.4, -0.2) is 40.4 Å². The Balaban J connectivity index is 1.66. The van der Waals surface area contributed by atoms with Crippen LogP contribution in [0, 0.1) is 0 Å². The molecule has 0 spiro atoms. The van der Waals surface area contributed by atoms with Crippen LogP contribution in [-0.2, 0) is 22.1 Å². The van der Waals surface area contributed by atoms with E-state index in [0.29, 0.717) is 13.1 Å². The molecule has 0 bridgehead atoms. The Bertz CT molecular complexity index is 531. The zero-order valence-electron chi connectivity index (χ0n) is 12.5. The van der Waals surface area contributed by atoms with Crippen molar-refractivity contribution in [3.05, 3.63) is 24.0 Å². The SMILES string of the molecule is Cn1cccc1[C@@]12CCN(C(=O)OC(C)(C)C)C[C@H]1O2. The minimum atomic E-state index is -0.450. The molecule has 0 N–H and O–H groups in total. The van der Waals surface area contributed by atoms with Crippen molar-refractivity contribution in [1.82, 2.24) is 9.47 Å². The zero-order chi connectivity index (χ0) is 14.5. The number of hydrogen-bond donors (Lipinski definition) is 0. The summed E-state index contributed by atoms with van der Waals surface area (Å²) in [5.41, 5.74) is 0.566. The monoisotopic (exact) mass is 278 g/mol. The van der Waals surface area contributed by atoms with Crippen LogP contribution >= 0.6 is 0 Å². The van der Waals surface area contributed by atoms with Gasteiger partial charge in [-0.1, -0.05) is 0 Å². The molecule has 1 aromatic rings. The van der Waals surface area contributed by atoms with E-state index in [4.69, 9.17) is 9.47 Å². The van der Waals surface area contributed by atoms with Gasteiger partial charge in [0, 0.05) is 26.2 Å². The van der Waals surface area contributed by atoms with Crippen molar-refractivity contribution in [2.24, 2.45) is 7.05 Å². The van der Waals surface area contributed by atoms with Crippen LogP contribution in [0.1, 0.15) is 32.9 Å². The highest BCUT2D eigenvalue weighted by molar-refractivity contribution is 5.68. The molecule has 3 rings (SSSR count). The standard InChI is InChI=1S/C15H22N2O3/c1-14(2,3)20-13(18)17-9-7-15(12(10-17)19-15)11-6-5-8-16(11)4/h5-6,8,12H,7,9-10H2,1-4H3/t12-,15+/m1/s1. The number of likely N-dealkylation sites (tertiary alicyclic amines) is 1. The van der Waals surface area contributed by atoms with E-state index < -0.39 is 5.60 Å². The second-order valence-corrected chi connectivity index (χ2v) is 6.68. The van der Waals surface area contributed by atoms with Crippen molar-refractivity contribution in [2.45, 2.75) is 44.5 Å². The summed E-state index contributed by atoms with van der Waals surface area (Å²) in [6.07, 6.45) is 2.71. The van der Waals surface area contributed by atoms with Crippen LogP contribution in [0.25, 0.3) is 0 Å². The van der Waals surface area contributed by atoms with Crippen LogP contribution in [0.15, 0.2) is 18.3 Å². The van der Waals surface area contributed by atoms with E-state index in [9.17, 15) is 4.79 Å². The number of aryl methyl sites for hydroxylation is 1. The van der Waals surface area contributed by atoms with E-state index >= 15 is 0 Å². The molecular formula is C15H22N2O3. The van der Waals surface area contributed by atoms with Gasteiger partial charge in [0.1, 0.15) is 17.3 Å². The lowest BCUT2D eigenvalue weighted by Gasteiger charge is -2.31. The van der Waals surface area contributed by atoms with Crippen LogP contribution in [0.3, 0.4) is 0 Å². The number of rotatable bonds is 1. The molecule has 3 heterocycles. The number of ether oxygens (including phenoxy) is 2. The van der Waals surface area contributed by atoms with Gasteiger partial charge >= 0.3 is 6.09 Å². The molecule has 2 aliphatic rings. The zero-order valence-corrected chi connectivity index (χ0v) is 12.5. The average molecular weight is 278 g/mol. The molecule has 2 saturated heterocycles. The Morgan fingerprint density at radius 1 is 1.50 bits per heavy atom. The summed E-state index contributed by atoms with van der Waals surface area (Å²) in [4.78, 5) is 13.8. The maximum absolute atomic E-state index is 12.1. The number of piperidine rings is 1. The highest BCUT2D eigenvalue weighted by Gasteiger charge is 2.62. The summed E-state index contributed by atoms with van der Waals surface area (Å²) in [5, 5.41) is 0. The van der Waals surface area contributed by atoms with Crippen molar-refractivity contribution in [3.8, 4) is 0 Å². The van der Waals surface area contributed by atoms with E-state index in [0.717, 1.165) is 6.42 Å². The number of fused-ring (bicyclic) bond motifs is 1. The first-order valence-electron chi connectivity index (χ1n) is 7.09. The fourth-order valence-corrected chi connectivity index (χ4v) is 2.96. The fourth-order valence-electron chi connectivity index (χ4n) is 2.96. The van der Waals surface area contributed by atoms with Gasteiger partial charge in [-0.25, -0.2) is 4.79 Å². The predicted octanol–water partition coefficient (Wildman–Crippen LogP) is 2.26. The number of aromatic nitrogens is 1. The number of epoxide rings is 1. The molecule has 5 nitrogen and oxygen atoms in total. The predicted molar refractivity (Wildman–Crippen MR) is 74.4 cm³/mol. The van der Waals surface area contributed by atoms with Crippen molar-refractivity contribution >= 4 is 6.09 Å². The third kappa shape index (κ3) is 2.20. The quantitative estimate of drug-likeness (QED) is 0.740. The van der Waals surface area contributed by atoms with Gasteiger partial charge in [0.2, 0.25) is 0 Å². The molecular weight excluding hydrogens is 256 g/mol. The Hall–Kier alpha value is -1.49. The molecule has 2 aliphatic heterocycles. The van der Waals surface area contributed by atoms with Crippen molar-refractivity contribution < 1.29 is 14.3 Å². The lowest BCUT2D eigenvalue weighted by atomic mass is 9.93. The molecule has 5 heteroatoms. The lowest BCUT2D eigenvalue weighted by molar-refractivity contribution is 0.0216. The molecule has 110 valence electrons. The average Bonchev–Trinajstić information content (AvgIpc) is 2.92.